The fourth-order valence-electron chi connectivity index (χ4n) is 1.63. The van der Waals surface area contributed by atoms with Gasteiger partial charge in [-0.1, -0.05) is 11.6 Å². The van der Waals surface area contributed by atoms with Crippen molar-refractivity contribution < 1.29 is 13.3 Å². The highest BCUT2D eigenvalue weighted by molar-refractivity contribution is 7.91. The summed E-state index contributed by atoms with van der Waals surface area (Å²) in [6, 6.07) is 4.30. The Bertz CT molecular complexity index is 781. The van der Waals surface area contributed by atoms with Gasteiger partial charge in [-0.25, -0.2) is 13.1 Å². The highest BCUT2D eigenvalue weighted by Crippen LogP contribution is 2.36. The fraction of sp³-hybridized carbons (Fsp3) is 0.273. The van der Waals surface area contributed by atoms with Gasteiger partial charge in [0.1, 0.15) is 4.21 Å². The van der Waals surface area contributed by atoms with Crippen molar-refractivity contribution >= 4 is 50.0 Å². The van der Waals surface area contributed by atoms with Gasteiger partial charge >= 0.3 is 0 Å². The Kier molecular flexibility index (Phi) is 4.69. The number of nitrogens with zero attached hydrogens (tertiary/aromatic N) is 1. The maximum Gasteiger partial charge on any atom is 0.300 e. The molecule has 0 spiro atoms. The van der Waals surface area contributed by atoms with E-state index in [4.69, 9.17) is 11.6 Å². The zero-order valence-electron chi connectivity index (χ0n) is 11.0. The van der Waals surface area contributed by atoms with Gasteiger partial charge in [-0.15, -0.1) is 22.7 Å². The van der Waals surface area contributed by atoms with E-state index in [-0.39, 0.29) is 8.55 Å². The first-order valence-electron chi connectivity index (χ1n) is 5.73. The van der Waals surface area contributed by atoms with Crippen LogP contribution in [0.25, 0.3) is 0 Å². The summed E-state index contributed by atoms with van der Waals surface area (Å²) in [6.07, 6.45) is 0. The molecule has 10 heteroatoms. The molecule has 1 N–H and O–H groups in total. The number of nitrogens with one attached hydrogen (secondary N) is 1. The van der Waals surface area contributed by atoms with Crippen LogP contribution in [0.15, 0.2) is 22.4 Å². The molecule has 2 heterocycles. The van der Waals surface area contributed by atoms with Gasteiger partial charge in [0.25, 0.3) is 15.7 Å². The van der Waals surface area contributed by atoms with Crippen molar-refractivity contribution in [1.29, 1.82) is 0 Å². The van der Waals surface area contributed by atoms with Crippen LogP contribution in [0.5, 0.6) is 0 Å². The molecule has 0 aliphatic carbocycles. The van der Waals surface area contributed by atoms with Crippen molar-refractivity contribution in [3.8, 4) is 0 Å². The van der Waals surface area contributed by atoms with E-state index in [1.807, 2.05) is 19.1 Å². The van der Waals surface area contributed by atoms with Crippen LogP contribution in [0.1, 0.15) is 22.7 Å². The first-order valence-corrected chi connectivity index (χ1v) is 9.22. The van der Waals surface area contributed by atoms with Gasteiger partial charge in [0.2, 0.25) is 0 Å². The standard InChI is InChI=1S/C11H11ClN2O4S3/c1-6-3-4-9(19-6)7(2)13-21(17,18)10-5-8(14(15)16)11(12)20-10/h3-5,7,13H,1-2H3. The number of nitro groups is 1. The van der Waals surface area contributed by atoms with E-state index in [9.17, 15) is 18.5 Å². The maximum absolute atomic E-state index is 12.2. The van der Waals surface area contributed by atoms with E-state index in [1.54, 1.807) is 6.92 Å². The van der Waals surface area contributed by atoms with Gasteiger partial charge in [0, 0.05) is 15.8 Å². The summed E-state index contributed by atoms with van der Waals surface area (Å²) in [5.74, 6) is 0. The molecule has 2 aromatic heterocycles. The van der Waals surface area contributed by atoms with Crippen LogP contribution in [-0.2, 0) is 10.0 Å². The molecule has 0 bridgehead atoms. The normalized spacial score (nSPS) is 13.3. The largest absolute Gasteiger partial charge is 0.300 e. The van der Waals surface area contributed by atoms with Gasteiger partial charge in [-0.3, -0.25) is 10.1 Å². The fourth-order valence-corrected chi connectivity index (χ4v) is 5.49. The Morgan fingerprint density at radius 3 is 2.52 bits per heavy atom. The third-order valence-corrected chi connectivity index (χ3v) is 7.16. The first kappa shape index (κ1) is 16.4. The summed E-state index contributed by atoms with van der Waals surface area (Å²) < 4.78 is 26.6. The molecule has 0 amide bonds. The summed E-state index contributed by atoms with van der Waals surface area (Å²) in [4.78, 5) is 12.0. The van der Waals surface area contributed by atoms with Crippen molar-refractivity contribution in [3.63, 3.8) is 0 Å². The van der Waals surface area contributed by atoms with Crippen molar-refractivity contribution in [2.75, 3.05) is 0 Å². The number of rotatable bonds is 5. The average Bonchev–Trinajstić information content (AvgIpc) is 2.95. The molecule has 0 aromatic carbocycles. The molecule has 0 aliphatic heterocycles. The molecule has 0 saturated carbocycles. The predicted octanol–water partition coefficient (Wildman–Crippen LogP) is 3.72. The predicted molar refractivity (Wildman–Crippen MR) is 83.8 cm³/mol. The number of aryl methyl sites for hydroxylation is 1. The Morgan fingerprint density at radius 1 is 1.38 bits per heavy atom. The minimum atomic E-state index is -3.85. The Balaban J connectivity index is 2.26. The van der Waals surface area contributed by atoms with Gasteiger partial charge in [-0.05, 0) is 26.0 Å². The Hall–Kier alpha value is -1.00. The quantitative estimate of drug-likeness (QED) is 0.645. The highest BCUT2D eigenvalue weighted by Gasteiger charge is 2.27. The minimum absolute atomic E-state index is 0.153. The van der Waals surface area contributed by atoms with Crippen LogP contribution in [-0.4, -0.2) is 13.3 Å². The van der Waals surface area contributed by atoms with Crippen LogP contribution in [0.2, 0.25) is 4.34 Å². The molecule has 0 radical (unpaired) electrons. The number of thiophene rings is 2. The van der Waals surface area contributed by atoms with E-state index in [2.05, 4.69) is 4.72 Å². The van der Waals surface area contributed by atoms with Crippen LogP contribution in [0.3, 0.4) is 0 Å². The lowest BCUT2D eigenvalue weighted by atomic mass is 10.3. The summed E-state index contributed by atoms with van der Waals surface area (Å²) in [5.41, 5.74) is -0.401. The topological polar surface area (TPSA) is 89.3 Å². The second kappa shape index (κ2) is 6.01. The summed E-state index contributed by atoms with van der Waals surface area (Å²) in [5, 5.41) is 10.7. The summed E-state index contributed by atoms with van der Waals surface area (Å²) in [6.45, 7) is 3.64. The lowest BCUT2D eigenvalue weighted by Crippen LogP contribution is -2.25. The van der Waals surface area contributed by atoms with Gasteiger partial charge < -0.3 is 0 Å². The molecular formula is C11H11ClN2O4S3. The zero-order chi connectivity index (χ0) is 15.8. The lowest BCUT2D eigenvalue weighted by Gasteiger charge is -2.11. The first-order chi connectivity index (χ1) is 9.70. The number of sulfonamides is 1. The molecule has 0 fully saturated rings. The molecule has 2 aromatic rings. The third kappa shape index (κ3) is 3.61. The molecule has 0 saturated heterocycles. The molecular weight excluding hydrogens is 356 g/mol. The molecule has 21 heavy (non-hydrogen) atoms. The second-order valence-electron chi connectivity index (χ2n) is 4.27. The lowest BCUT2D eigenvalue weighted by molar-refractivity contribution is -0.384. The van der Waals surface area contributed by atoms with Gasteiger partial charge in [-0.2, -0.15) is 0 Å². The van der Waals surface area contributed by atoms with Crippen molar-refractivity contribution in [3.05, 3.63) is 42.4 Å². The number of hydrogen-bond acceptors (Lipinski definition) is 6. The number of hydrogen-bond donors (Lipinski definition) is 1. The Labute approximate surface area is 134 Å². The molecule has 1 atom stereocenters. The van der Waals surface area contributed by atoms with Crippen molar-refractivity contribution in [2.24, 2.45) is 0 Å². The maximum atomic E-state index is 12.2. The smallest absolute Gasteiger partial charge is 0.258 e. The Morgan fingerprint density at radius 2 is 2.05 bits per heavy atom. The van der Waals surface area contributed by atoms with E-state index < -0.39 is 26.7 Å². The SMILES string of the molecule is Cc1ccc(C(C)NS(=O)(=O)c2cc([N+](=O)[O-])c(Cl)s2)s1. The van der Waals surface area contributed by atoms with Crippen molar-refractivity contribution in [1.82, 2.24) is 4.72 Å². The zero-order valence-corrected chi connectivity index (χ0v) is 14.2. The monoisotopic (exact) mass is 366 g/mol. The highest BCUT2D eigenvalue weighted by atomic mass is 35.5. The molecule has 1 unspecified atom stereocenters. The van der Waals surface area contributed by atoms with E-state index in [0.717, 1.165) is 15.8 Å². The molecule has 6 nitrogen and oxygen atoms in total. The minimum Gasteiger partial charge on any atom is -0.258 e. The van der Waals surface area contributed by atoms with E-state index in [0.29, 0.717) is 11.3 Å². The third-order valence-electron chi connectivity index (χ3n) is 2.63. The van der Waals surface area contributed by atoms with Crippen molar-refractivity contribution in [2.45, 2.75) is 24.1 Å². The second-order valence-corrected chi connectivity index (χ2v) is 9.19. The van der Waals surface area contributed by atoms with Gasteiger partial charge in [0.15, 0.2) is 4.34 Å². The van der Waals surface area contributed by atoms with Crippen LogP contribution in [0, 0.1) is 17.0 Å². The molecule has 114 valence electrons. The average molecular weight is 367 g/mol. The molecule has 2 rings (SSSR count). The van der Waals surface area contributed by atoms with Crippen LogP contribution < -0.4 is 4.72 Å². The summed E-state index contributed by atoms with van der Waals surface area (Å²) in [7, 11) is -3.85. The van der Waals surface area contributed by atoms with E-state index in [1.165, 1.54) is 11.3 Å². The van der Waals surface area contributed by atoms with Crippen LogP contribution in [0.4, 0.5) is 5.69 Å². The summed E-state index contributed by atoms with van der Waals surface area (Å²) >= 11 is 7.85. The van der Waals surface area contributed by atoms with Crippen LogP contribution >= 0.6 is 34.3 Å². The molecule has 0 aliphatic rings. The van der Waals surface area contributed by atoms with Gasteiger partial charge in [0.05, 0.1) is 11.0 Å². The number of halogens is 1. The van der Waals surface area contributed by atoms with E-state index >= 15 is 0 Å².